The average molecular weight is 1030 g/mol. The molecule has 0 fully saturated rings. The van der Waals surface area contributed by atoms with Crippen LogP contribution in [0.5, 0.6) is 23.0 Å². The van der Waals surface area contributed by atoms with E-state index in [9.17, 15) is 19.8 Å². The smallest absolute Gasteiger partial charge is 0.230 e. The van der Waals surface area contributed by atoms with Crippen LogP contribution in [-0.4, -0.2) is 84.9 Å². The monoisotopic (exact) mass is 1020 g/mol. The lowest BCUT2D eigenvalue weighted by Gasteiger charge is -2.15. The molecule has 0 aliphatic heterocycles. The van der Waals surface area contributed by atoms with Gasteiger partial charge in [-0.3, -0.25) is 9.59 Å². The van der Waals surface area contributed by atoms with E-state index in [4.69, 9.17) is 48.9 Å². The standard InChI is InChI=1S/C53H50N6O4.C8H14O4.CH4/c1-28-11-16-39(32(5)21-28)48-54-49(40-17-12-29(2)22-33(40)6)58-53(57-48)44-24-35(8)47(26-46(44)61)63-27-62-38-15-20-43(45(60)25-38)52-56-50(41-18-13-30(3)23-34(41)7)55-51(59-52)42-19-14-31(4)36(9)37(42)10;1-7(9)5-11-3-4-12-6-8(2)10;/h11-26,60-61H,27H2,1-10H3;3-6H2,1-2H3;1H4. The fraction of sp³-hybridized carbons (Fsp3) is 0.290. The summed E-state index contributed by atoms with van der Waals surface area (Å²) in [4.78, 5) is 50.1. The molecule has 0 bridgehead atoms. The number of ketones is 2. The molecule has 0 aliphatic carbocycles. The molecule has 0 unspecified atom stereocenters. The molecule has 394 valence electrons. The first kappa shape index (κ1) is 57.1. The average Bonchev–Trinajstić information content (AvgIpc) is 3.35. The topological polar surface area (TPSA) is 189 Å². The number of phenolic OH excluding ortho intramolecular Hbond substituents is 2. The van der Waals surface area contributed by atoms with E-state index in [1.54, 1.807) is 18.2 Å². The predicted molar refractivity (Wildman–Crippen MR) is 299 cm³/mol. The van der Waals surface area contributed by atoms with Crippen molar-refractivity contribution in [3.05, 3.63) is 153 Å². The number of benzene rings is 6. The van der Waals surface area contributed by atoms with Crippen molar-refractivity contribution in [3.8, 4) is 91.3 Å². The molecule has 2 aromatic heterocycles. The summed E-state index contributed by atoms with van der Waals surface area (Å²) >= 11 is 0. The maximum atomic E-state index is 11.4. The molecule has 0 saturated heterocycles. The zero-order valence-electron chi connectivity index (χ0n) is 44.8. The quantitative estimate of drug-likeness (QED) is 0.0647. The zero-order valence-corrected chi connectivity index (χ0v) is 44.8. The Morgan fingerprint density at radius 3 is 1.24 bits per heavy atom. The molecule has 0 aliphatic rings. The lowest BCUT2D eigenvalue weighted by Crippen LogP contribution is -2.12. The van der Waals surface area contributed by atoms with Gasteiger partial charge in [0, 0.05) is 34.4 Å². The maximum absolute atomic E-state index is 11.4. The van der Waals surface area contributed by atoms with Crippen molar-refractivity contribution in [3.63, 3.8) is 0 Å². The van der Waals surface area contributed by atoms with Crippen LogP contribution in [0.2, 0.25) is 0 Å². The molecule has 0 amide bonds. The second-order valence-electron chi connectivity index (χ2n) is 19.0. The number of carbonyl (C=O) groups is 2. The van der Waals surface area contributed by atoms with E-state index in [0.29, 0.717) is 70.8 Å². The van der Waals surface area contributed by atoms with Gasteiger partial charge in [0.2, 0.25) is 6.79 Å². The predicted octanol–water partition coefficient (Wildman–Crippen LogP) is 12.8. The van der Waals surface area contributed by atoms with Gasteiger partial charge in [0.1, 0.15) is 36.2 Å². The molecule has 0 spiro atoms. The van der Waals surface area contributed by atoms with Crippen molar-refractivity contribution in [2.24, 2.45) is 0 Å². The highest BCUT2D eigenvalue weighted by atomic mass is 16.7. The van der Waals surface area contributed by atoms with Crippen molar-refractivity contribution in [2.45, 2.75) is 90.5 Å². The van der Waals surface area contributed by atoms with Gasteiger partial charge in [-0.05, 0) is 140 Å². The summed E-state index contributed by atoms with van der Waals surface area (Å²) in [7, 11) is 0. The van der Waals surface area contributed by atoms with E-state index in [-0.39, 0.29) is 50.5 Å². The van der Waals surface area contributed by atoms with Crippen molar-refractivity contribution >= 4 is 11.6 Å². The number of phenols is 2. The minimum absolute atomic E-state index is 0. The summed E-state index contributed by atoms with van der Waals surface area (Å²) in [6, 6.07) is 30.9. The summed E-state index contributed by atoms with van der Waals surface area (Å²) in [6.45, 7) is 24.1. The molecular weight excluding hydrogens is 957 g/mol. The summed E-state index contributed by atoms with van der Waals surface area (Å²) in [5.41, 5.74) is 15.1. The number of aromatic hydroxyl groups is 2. The molecular formula is C62H68N6O8. The summed E-state index contributed by atoms with van der Waals surface area (Å²) in [6.07, 6.45) is 0. The van der Waals surface area contributed by atoms with Crippen LogP contribution >= 0.6 is 0 Å². The highest BCUT2D eigenvalue weighted by Gasteiger charge is 2.21. The van der Waals surface area contributed by atoms with Crippen molar-refractivity contribution in [2.75, 3.05) is 33.2 Å². The van der Waals surface area contributed by atoms with Crippen LogP contribution in [0.1, 0.15) is 76.9 Å². The van der Waals surface area contributed by atoms with Crippen LogP contribution in [-0.2, 0) is 19.1 Å². The number of Topliss-reactive ketones (excluding diaryl/α,β-unsaturated/α-hetero) is 2. The SMILES string of the molecule is C.CC(=O)COCCOCC(C)=O.Cc1ccc(-c2nc(-c3ccc(C)cc3C)nc(-c3cc(C)c(OCOc4ccc(-c5nc(-c6ccc(C)cc6C)nc(-c6ccc(C)c(C)c6C)n5)c(O)c4)cc3O)n2)c(C)c1. The molecule has 8 aromatic rings. The number of nitrogens with zero attached hydrogens (tertiary/aromatic N) is 6. The number of aryl methyl sites for hydroxylation is 8. The van der Waals surface area contributed by atoms with E-state index < -0.39 is 0 Å². The number of hydrogen-bond donors (Lipinski definition) is 2. The van der Waals surface area contributed by atoms with Crippen LogP contribution in [0, 0.1) is 69.2 Å². The van der Waals surface area contributed by atoms with Gasteiger partial charge < -0.3 is 29.2 Å². The number of carbonyl (C=O) groups excluding carboxylic acids is 2. The number of hydrogen-bond acceptors (Lipinski definition) is 14. The molecule has 0 saturated carbocycles. The van der Waals surface area contributed by atoms with Crippen molar-refractivity contribution < 1.29 is 38.7 Å². The highest BCUT2D eigenvalue weighted by molar-refractivity contribution is 5.77. The Kier molecular flexibility index (Phi) is 19.0. The third-order valence-corrected chi connectivity index (χ3v) is 12.6. The lowest BCUT2D eigenvalue weighted by atomic mass is 9.98. The normalized spacial score (nSPS) is 10.8. The molecule has 2 heterocycles. The first-order valence-electron chi connectivity index (χ1n) is 24.7. The van der Waals surface area contributed by atoms with Crippen LogP contribution in [0.25, 0.3) is 68.3 Å². The summed E-state index contributed by atoms with van der Waals surface area (Å²) in [5.74, 6) is 3.36. The van der Waals surface area contributed by atoms with Gasteiger partial charge in [-0.2, -0.15) is 0 Å². The van der Waals surface area contributed by atoms with E-state index in [0.717, 1.165) is 66.8 Å². The molecule has 0 atom stereocenters. The van der Waals surface area contributed by atoms with Gasteiger partial charge in [-0.15, -0.1) is 0 Å². The number of ether oxygens (including phenoxy) is 4. The third kappa shape index (κ3) is 14.1. The van der Waals surface area contributed by atoms with Gasteiger partial charge in [-0.25, -0.2) is 29.9 Å². The highest BCUT2D eigenvalue weighted by Crippen LogP contribution is 2.38. The van der Waals surface area contributed by atoms with Gasteiger partial charge in [0.05, 0.1) is 24.3 Å². The van der Waals surface area contributed by atoms with Gasteiger partial charge >= 0.3 is 0 Å². The third-order valence-electron chi connectivity index (χ3n) is 12.6. The van der Waals surface area contributed by atoms with Crippen molar-refractivity contribution in [1.82, 2.24) is 29.9 Å². The summed E-state index contributed by atoms with van der Waals surface area (Å²) < 4.78 is 21.8. The molecule has 14 heteroatoms. The Balaban J connectivity index is 0.000000643. The number of aromatic nitrogens is 6. The lowest BCUT2D eigenvalue weighted by molar-refractivity contribution is -0.124. The van der Waals surface area contributed by atoms with Crippen LogP contribution in [0.3, 0.4) is 0 Å². The van der Waals surface area contributed by atoms with Gasteiger partial charge in [0.25, 0.3) is 0 Å². The fourth-order valence-corrected chi connectivity index (χ4v) is 8.38. The Hall–Kier alpha value is -8.20. The van der Waals surface area contributed by atoms with E-state index >= 15 is 0 Å². The molecule has 2 N–H and O–H groups in total. The van der Waals surface area contributed by atoms with Crippen LogP contribution < -0.4 is 9.47 Å². The molecule has 76 heavy (non-hydrogen) atoms. The minimum atomic E-state index is -0.198. The van der Waals surface area contributed by atoms with Crippen molar-refractivity contribution in [1.29, 1.82) is 0 Å². The first-order valence-corrected chi connectivity index (χ1v) is 24.7. The Labute approximate surface area is 446 Å². The largest absolute Gasteiger partial charge is 0.507 e. The van der Waals surface area contributed by atoms with Crippen LogP contribution in [0.4, 0.5) is 0 Å². The van der Waals surface area contributed by atoms with Gasteiger partial charge in [-0.1, -0.05) is 90.8 Å². The first-order chi connectivity index (χ1) is 35.8. The second kappa shape index (κ2) is 25.4. The second-order valence-corrected chi connectivity index (χ2v) is 19.0. The fourth-order valence-electron chi connectivity index (χ4n) is 8.38. The number of rotatable bonds is 17. The van der Waals surface area contributed by atoms with E-state index in [2.05, 4.69) is 65.8 Å². The molecule has 6 aromatic carbocycles. The van der Waals surface area contributed by atoms with Crippen LogP contribution in [0.15, 0.2) is 97.1 Å². The van der Waals surface area contributed by atoms with E-state index in [1.165, 1.54) is 37.1 Å². The Morgan fingerprint density at radius 1 is 0.408 bits per heavy atom. The molecule has 8 rings (SSSR count). The molecule has 0 radical (unpaired) electrons. The Morgan fingerprint density at radius 2 is 0.803 bits per heavy atom. The van der Waals surface area contributed by atoms with E-state index in [1.807, 2.05) is 70.2 Å². The maximum Gasteiger partial charge on any atom is 0.230 e. The minimum Gasteiger partial charge on any atom is -0.507 e. The summed E-state index contributed by atoms with van der Waals surface area (Å²) in [5, 5.41) is 22.8. The molecule has 14 nitrogen and oxygen atoms in total. The zero-order chi connectivity index (χ0) is 54.1. The van der Waals surface area contributed by atoms with Gasteiger partial charge in [0.15, 0.2) is 46.5 Å². The Bertz CT molecular complexity index is 3340.